The Kier molecular flexibility index (Phi) is 4.52. The minimum Gasteiger partial charge on any atom is -0.454 e. The van der Waals surface area contributed by atoms with Crippen LogP contribution in [-0.4, -0.2) is 17.8 Å². The first-order chi connectivity index (χ1) is 13.4. The van der Waals surface area contributed by atoms with E-state index in [-0.39, 0.29) is 23.5 Å². The van der Waals surface area contributed by atoms with Crippen molar-refractivity contribution in [3.05, 3.63) is 64.9 Å². The Labute approximate surface area is 165 Å². The summed E-state index contributed by atoms with van der Waals surface area (Å²) in [4.78, 5) is 18.0. The number of aryl methyl sites for hydroxylation is 1. The Hall–Kier alpha value is -3.32. The molecule has 0 spiro atoms. The molecule has 8 heteroatoms. The van der Waals surface area contributed by atoms with Crippen molar-refractivity contribution in [2.24, 2.45) is 5.73 Å². The van der Waals surface area contributed by atoms with Crippen LogP contribution in [0, 0.1) is 12.7 Å². The van der Waals surface area contributed by atoms with E-state index in [1.807, 2.05) is 0 Å². The van der Waals surface area contributed by atoms with Crippen molar-refractivity contribution in [3.8, 4) is 22.8 Å². The van der Waals surface area contributed by atoms with Gasteiger partial charge in [0.2, 0.25) is 6.79 Å². The summed E-state index contributed by atoms with van der Waals surface area (Å²) in [7, 11) is 0. The number of urea groups is 1. The Morgan fingerprint density at radius 2 is 1.93 bits per heavy atom. The van der Waals surface area contributed by atoms with Gasteiger partial charge in [-0.05, 0) is 42.8 Å². The number of benzene rings is 2. The third-order valence-corrected chi connectivity index (χ3v) is 4.63. The number of primary amides is 1. The Morgan fingerprint density at radius 1 is 1.18 bits per heavy atom. The normalized spacial score (nSPS) is 12.1. The van der Waals surface area contributed by atoms with Crippen molar-refractivity contribution in [2.75, 3.05) is 11.7 Å². The first-order valence-corrected chi connectivity index (χ1v) is 8.74. The highest BCUT2D eigenvalue weighted by Crippen LogP contribution is 2.42. The molecule has 3 aromatic rings. The third kappa shape index (κ3) is 3.20. The fraction of sp³-hybridized carbons (Fsp3) is 0.100. The second-order valence-electron chi connectivity index (χ2n) is 6.17. The second-order valence-corrected chi connectivity index (χ2v) is 6.58. The summed E-state index contributed by atoms with van der Waals surface area (Å²) in [5.41, 5.74) is 7.97. The zero-order valence-electron chi connectivity index (χ0n) is 14.8. The van der Waals surface area contributed by atoms with E-state index in [1.165, 1.54) is 17.0 Å². The Morgan fingerprint density at radius 3 is 2.64 bits per heavy atom. The van der Waals surface area contributed by atoms with Crippen LogP contribution >= 0.6 is 11.6 Å². The fourth-order valence-electron chi connectivity index (χ4n) is 3.05. The van der Waals surface area contributed by atoms with E-state index in [9.17, 15) is 9.18 Å². The second kappa shape index (κ2) is 7.01. The number of rotatable bonds is 3. The number of amides is 2. The number of fused-ring (bicyclic) bond motifs is 1. The van der Waals surface area contributed by atoms with Gasteiger partial charge in [-0.25, -0.2) is 19.1 Å². The van der Waals surface area contributed by atoms with Gasteiger partial charge in [0.25, 0.3) is 0 Å². The maximum Gasteiger partial charge on any atom is 0.325 e. The standard InChI is InChI=1S/C20H15ClFN3O3/c1-11-7-12(22)5-6-13(11)15-3-2-4-19(24-15)25(20(23)26)16-9-18-17(8-14(16)21)27-10-28-18/h2-9H,10H2,1H3,(H2,23,26). The summed E-state index contributed by atoms with van der Waals surface area (Å²) >= 11 is 6.34. The summed E-state index contributed by atoms with van der Waals surface area (Å²) in [6.07, 6.45) is 0. The highest BCUT2D eigenvalue weighted by atomic mass is 35.5. The maximum atomic E-state index is 13.4. The molecule has 2 amide bonds. The van der Waals surface area contributed by atoms with Crippen LogP contribution in [0.3, 0.4) is 0 Å². The molecule has 2 heterocycles. The lowest BCUT2D eigenvalue weighted by atomic mass is 10.1. The molecule has 6 nitrogen and oxygen atoms in total. The van der Waals surface area contributed by atoms with Crippen molar-refractivity contribution in [3.63, 3.8) is 0 Å². The van der Waals surface area contributed by atoms with E-state index in [1.54, 1.807) is 43.3 Å². The molecule has 0 unspecified atom stereocenters. The van der Waals surface area contributed by atoms with E-state index in [0.717, 1.165) is 11.1 Å². The molecule has 28 heavy (non-hydrogen) atoms. The first-order valence-electron chi connectivity index (χ1n) is 8.36. The average Bonchev–Trinajstić information content (AvgIpc) is 3.09. The molecule has 142 valence electrons. The Bertz CT molecular complexity index is 1090. The van der Waals surface area contributed by atoms with Gasteiger partial charge in [0, 0.05) is 17.7 Å². The minimum absolute atomic E-state index is 0.0727. The van der Waals surface area contributed by atoms with Gasteiger partial charge in [0.15, 0.2) is 11.5 Å². The summed E-state index contributed by atoms with van der Waals surface area (Å²) in [6.45, 7) is 1.86. The molecule has 0 saturated carbocycles. The van der Waals surface area contributed by atoms with Crippen LogP contribution in [0.5, 0.6) is 11.5 Å². The van der Waals surface area contributed by atoms with Gasteiger partial charge in [-0.15, -0.1) is 0 Å². The smallest absolute Gasteiger partial charge is 0.325 e. The predicted octanol–water partition coefficient (Wildman–Crippen LogP) is 4.80. The molecule has 0 radical (unpaired) electrons. The van der Waals surface area contributed by atoms with Gasteiger partial charge >= 0.3 is 6.03 Å². The van der Waals surface area contributed by atoms with Crippen molar-refractivity contribution < 1.29 is 18.7 Å². The fourth-order valence-corrected chi connectivity index (χ4v) is 3.28. The monoisotopic (exact) mass is 399 g/mol. The van der Waals surface area contributed by atoms with Crippen LogP contribution < -0.4 is 20.1 Å². The van der Waals surface area contributed by atoms with E-state index in [2.05, 4.69) is 4.98 Å². The average molecular weight is 400 g/mol. The molecule has 0 fully saturated rings. The van der Waals surface area contributed by atoms with Crippen molar-refractivity contribution >= 4 is 29.1 Å². The summed E-state index contributed by atoms with van der Waals surface area (Å²) < 4.78 is 24.1. The summed E-state index contributed by atoms with van der Waals surface area (Å²) in [5.74, 6) is 0.885. The van der Waals surface area contributed by atoms with Gasteiger partial charge in [-0.2, -0.15) is 0 Å². The quantitative estimate of drug-likeness (QED) is 0.686. The van der Waals surface area contributed by atoms with Crippen LogP contribution in [0.25, 0.3) is 11.3 Å². The molecule has 1 aromatic heterocycles. The van der Waals surface area contributed by atoms with Crippen LogP contribution in [0.4, 0.5) is 20.7 Å². The summed E-state index contributed by atoms with van der Waals surface area (Å²) in [6, 6.07) is 11.9. The molecule has 0 atom stereocenters. The van der Waals surface area contributed by atoms with Crippen molar-refractivity contribution in [2.45, 2.75) is 6.92 Å². The number of carbonyl (C=O) groups excluding carboxylic acids is 1. The van der Waals surface area contributed by atoms with Gasteiger partial charge in [0.05, 0.1) is 16.4 Å². The minimum atomic E-state index is -0.763. The molecule has 1 aliphatic heterocycles. The number of carbonyl (C=O) groups is 1. The van der Waals surface area contributed by atoms with E-state index in [0.29, 0.717) is 22.9 Å². The molecule has 0 bridgehead atoms. The summed E-state index contributed by atoms with van der Waals surface area (Å²) in [5, 5.41) is 0.258. The molecule has 4 rings (SSSR count). The highest BCUT2D eigenvalue weighted by molar-refractivity contribution is 6.34. The van der Waals surface area contributed by atoms with Crippen LogP contribution in [-0.2, 0) is 0 Å². The lowest BCUT2D eigenvalue weighted by Gasteiger charge is -2.21. The predicted molar refractivity (Wildman–Crippen MR) is 104 cm³/mol. The van der Waals surface area contributed by atoms with E-state index < -0.39 is 6.03 Å². The third-order valence-electron chi connectivity index (χ3n) is 4.33. The van der Waals surface area contributed by atoms with Crippen molar-refractivity contribution in [1.82, 2.24) is 4.98 Å². The van der Waals surface area contributed by atoms with E-state index >= 15 is 0 Å². The van der Waals surface area contributed by atoms with Gasteiger partial charge in [0.1, 0.15) is 11.6 Å². The molecular weight excluding hydrogens is 385 g/mol. The van der Waals surface area contributed by atoms with Crippen LogP contribution in [0.15, 0.2) is 48.5 Å². The topological polar surface area (TPSA) is 77.7 Å². The van der Waals surface area contributed by atoms with Gasteiger partial charge < -0.3 is 15.2 Å². The molecule has 0 aliphatic carbocycles. The number of ether oxygens (including phenoxy) is 2. The van der Waals surface area contributed by atoms with E-state index in [4.69, 9.17) is 26.8 Å². The first kappa shape index (κ1) is 18.1. The lowest BCUT2D eigenvalue weighted by Crippen LogP contribution is -2.32. The number of pyridine rings is 1. The Balaban J connectivity index is 1.81. The molecule has 2 aromatic carbocycles. The van der Waals surface area contributed by atoms with Crippen molar-refractivity contribution in [1.29, 1.82) is 0 Å². The SMILES string of the molecule is Cc1cc(F)ccc1-c1cccc(N(C(N)=O)c2cc3c(cc2Cl)OCO3)n1. The number of nitrogens with two attached hydrogens (primary N) is 1. The number of anilines is 2. The largest absolute Gasteiger partial charge is 0.454 e. The van der Waals surface area contributed by atoms with Crippen LogP contribution in [0.1, 0.15) is 5.56 Å². The number of aromatic nitrogens is 1. The highest BCUT2D eigenvalue weighted by Gasteiger charge is 2.24. The lowest BCUT2D eigenvalue weighted by molar-refractivity contribution is 0.174. The van der Waals surface area contributed by atoms with Crippen LogP contribution in [0.2, 0.25) is 5.02 Å². The maximum absolute atomic E-state index is 13.4. The van der Waals surface area contributed by atoms with Gasteiger partial charge in [-0.1, -0.05) is 17.7 Å². The molecule has 0 saturated heterocycles. The zero-order chi connectivity index (χ0) is 19.8. The molecular formula is C20H15ClFN3O3. The number of hydrogen-bond acceptors (Lipinski definition) is 4. The number of nitrogens with zero attached hydrogens (tertiary/aromatic N) is 2. The zero-order valence-corrected chi connectivity index (χ0v) is 15.5. The number of hydrogen-bond donors (Lipinski definition) is 1. The molecule has 1 aliphatic rings. The molecule has 2 N–H and O–H groups in total. The number of halogens is 2. The van der Waals surface area contributed by atoms with Gasteiger partial charge in [-0.3, -0.25) is 0 Å².